The highest BCUT2D eigenvalue weighted by atomic mass is 19.3. The second-order valence-electron chi connectivity index (χ2n) is 4.92. The Kier molecular flexibility index (Phi) is 5.36. The predicted molar refractivity (Wildman–Crippen MR) is 74.0 cm³/mol. The van der Waals surface area contributed by atoms with Gasteiger partial charge in [0.15, 0.2) is 11.5 Å². The highest BCUT2D eigenvalue weighted by molar-refractivity contribution is 5.97. The molecule has 0 radical (unpaired) electrons. The summed E-state index contributed by atoms with van der Waals surface area (Å²) in [6, 6.07) is 4.59. The van der Waals surface area contributed by atoms with Crippen molar-refractivity contribution < 1.29 is 23.0 Å². The smallest absolute Gasteiger partial charge is 0.387 e. The van der Waals surface area contributed by atoms with E-state index in [4.69, 9.17) is 4.74 Å². The van der Waals surface area contributed by atoms with E-state index in [0.717, 1.165) is 25.7 Å². The average molecular weight is 299 g/mol. The maximum Gasteiger partial charge on any atom is 0.387 e. The minimum atomic E-state index is -3.00. The van der Waals surface area contributed by atoms with Crippen LogP contribution in [-0.4, -0.2) is 37.6 Å². The van der Waals surface area contributed by atoms with Gasteiger partial charge in [0.2, 0.25) is 0 Å². The molecule has 0 unspecified atom stereocenters. The van der Waals surface area contributed by atoms with Crippen molar-refractivity contribution in [1.82, 2.24) is 4.90 Å². The van der Waals surface area contributed by atoms with Gasteiger partial charge < -0.3 is 14.4 Å². The molecule has 1 amide bonds. The Labute approximate surface area is 122 Å². The van der Waals surface area contributed by atoms with Crippen LogP contribution in [-0.2, 0) is 0 Å². The van der Waals surface area contributed by atoms with Crippen molar-refractivity contribution in [2.45, 2.75) is 32.3 Å². The van der Waals surface area contributed by atoms with Crippen molar-refractivity contribution in [2.24, 2.45) is 0 Å². The van der Waals surface area contributed by atoms with Gasteiger partial charge in [0.25, 0.3) is 5.91 Å². The second kappa shape index (κ2) is 7.24. The number of methoxy groups -OCH3 is 1. The first-order valence-electron chi connectivity index (χ1n) is 7.04. The van der Waals surface area contributed by atoms with Gasteiger partial charge in [0, 0.05) is 13.1 Å². The molecule has 1 aliphatic heterocycles. The predicted octanol–water partition coefficient (Wildman–Crippen LogP) is 3.31. The van der Waals surface area contributed by atoms with Gasteiger partial charge in [-0.05, 0) is 25.0 Å². The highest BCUT2D eigenvalue weighted by Gasteiger charge is 2.24. The van der Waals surface area contributed by atoms with E-state index in [-0.39, 0.29) is 23.0 Å². The lowest BCUT2D eigenvalue weighted by molar-refractivity contribution is -0.0516. The zero-order valence-corrected chi connectivity index (χ0v) is 12.0. The van der Waals surface area contributed by atoms with E-state index in [0.29, 0.717) is 13.1 Å². The fourth-order valence-electron chi connectivity index (χ4n) is 2.50. The third-order valence-corrected chi connectivity index (χ3v) is 3.53. The summed E-state index contributed by atoms with van der Waals surface area (Å²) in [6.07, 6.45) is 4.03. The van der Waals surface area contributed by atoms with Gasteiger partial charge in [-0.15, -0.1) is 0 Å². The number of rotatable bonds is 4. The van der Waals surface area contributed by atoms with Crippen molar-refractivity contribution in [1.29, 1.82) is 0 Å². The summed E-state index contributed by atoms with van der Waals surface area (Å²) in [6.45, 7) is -1.72. The van der Waals surface area contributed by atoms with Crippen LogP contribution in [0.3, 0.4) is 0 Å². The van der Waals surface area contributed by atoms with E-state index in [9.17, 15) is 13.6 Å². The number of likely N-dealkylation sites (tertiary alicyclic amines) is 1. The lowest BCUT2D eigenvalue weighted by Crippen LogP contribution is -2.32. The maximum atomic E-state index is 12.6. The number of hydrogen-bond donors (Lipinski definition) is 0. The Bertz CT molecular complexity index is 486. The van der Waals surface area contributed by atoms with Gasteiger partial charge >= 0.3 is 6.61 Å². The van der Waals surface area contributed by atoms with Gasteiger partial charge in [-0.1, -0.05) is 18.9 Å². The highest BCUT2D eigenvalue weighted by Crippen LogP contribution is 2.33. The zero-order valence-electron chi connectivity index (χ0n) is 12.0. The summed E-state index contributed by atoms with van der Waals surface area (Å²) in [7, 11) is 1.36. The molecule has 0 bridgehead atoms. The number of ether oxygens (including phenoxy) is 2. The summed E-state index contributed by atoms with van der Waals surface area (Å²) in [5.41, 5.74) is 0.122. The Morgan fingerprint density at radius 3 is 2.43 bits per heavy atom. The molecular weight excluding hydrogens is 280 g/mol. The van der Waals surface area contributed by atoms with Crippen LogP contribution < -0.4 is 9.47 Å². The first kappa shape index (κ1) is 15.5. The van der Waals surface area contributed by atoms with Crippen LogP contribution in [0.5, 0.6) is 11.5 Å². The quantitative estimate of drug-likeness (QED) is 0.856. The molecule has 1 saturated heterocycles. The molecule has 1 aromatic carbocycles. The molecule has 0 spiro atoms. The van der Waals surface area contributed by atoms with Crippen LogP contribution in [0.25, 0.3) is 0 Å². The van der Waals surface area contributed by atoms with Gasteiger partial charge in [-0.3, -0.25) is 4.79 Å². The molecule has 0 aliphatic carbocycles. The van der Waals surface area contributed by atoms with Crippen LogP contribution in [0.1, 0.15) is 36.0 Å². The van der Waals surface area contributed by atoms with Crippen LogP contribution in [0.2, 0.25) is 0 Å². The number of carbonyl (C=O) groups excluding carboxylic acids is 1. The molecular formula is C15H19F2NO3. The molecule has 116 valence electrons. The van der Waals surface area contributed by atoms with Gasteiger partial charge in [-0.2, -0.15) is 8.78 Å². The molecule has 4 nitrogen and oxygen atoms in total. The Morgan fingerprint density at radius 1 is 1.19 bits per heavy atom. The maximum absolute atomic E-state index is 12.6. The molecule has 0 N–H and O–H groups in total. The van der Waals surface area contributed by atoms with Gasteiger partial charge in [0.05, 0.1) is 12.7 Å². The molecule has 1 fully saturated rings. The van der Waals surface area contributed by atoms with Crippen molar-refractivity contribution >= 4 is 5.91 Å². The third-order valence-electron chi connectivity index (χ3n) is 3.53. The first-order chi connectivity index (χ1) is 10.1. The van der Waals surface area contributed by atoms with Gasteiger partial charge in [0.1, 0.15) is 0 Å². The van der Waals surface area contributed by atoms with E-state index in [1.54, 1.807) is 11.0 Å². The minimum Gasteiger partial charge on any atom is -0.493 e. The number of amides is 1. The number of nitrogens with zero attached hydrogens (tertiary/aromatic N) is 1. The molecule has 1 aromatic rings. The fraction of sp³-hybridized carbons (Fsp3) is 0.533. The van der Waals surface area contributed by atoms with Crippen LogP contribution in [0.4, 0.5) is 8.78 Å². The molecule has 0 saturated carbocycles. The Hall–Kier alpha value is -1.85. The number of halogens is 2. The number of hydrogen-bond acceptors (Lipinski definition) is 3. The van der Waals surface area contributed by atoms with E-state index in [2.05, 4.69) is 4.74 Å². The fourth-order valence-corrected chi connectivity index (χ4v) is 2.50. The summed E-state index contributed by atoms with van der Waals surface area (Å²) in [4.78, 5) is 14.3. The summed E-state index contributed by atoms with van der Waals surface area (Å²) >= 11 is 0. The number of alkyl halides is 2. The lowest BCUT2D eigenvalue weighted by atomic mass is 10.1. The average Bonchev–Trinajstić information content (AvgIpc) is 2.75. The van der Waals surface area contributed by atoms with E-state index < -0.39 is 6.61 Å². The SMILES string of the molecule is COc1cccc(C(=O)N2CCCCCC2)c1OC(F)F. The molecule has 0 atom stereocenters. The van der Waals surface area contributed by atoms with Crippen LogP contribution in [0, 0.1) is 0 Å². The summed E-state index contributed by atoms with van der Waals surface area (Å²) < 4.78 is 34.7. The van der Waals surface area contributed by atoms with Gasteiger partial charge in [-0.25, -0.2) is 0 Å². The Morgan fingerprint density at radius 2 is 1.86 bits per heavy atom. The Balaban J connectivity index is 2.30. The van der Waals surface area contributed by atoms with Crippen molar-refractivity contribution in [3.05, 3.63) is 23.8 Å². The minimum absolute atomic E-state index is 0.122. The summed E-state index contributed by atoms with van der Waals surface area (Å²) in [5.74, 6) is -0.341. The number of para-hydroxylation sites is 1. The third kappa shape index (κ3) is 3.83. The van der Waals surface area contributed by atoms with E-state index in [1.807, 2.05) is 0 Å². The normalized spacial score (nSPS) is 15.7. The van der Waals surface area contributed by atoms with Crippen molar-refractivity contribution in [3.8, 4) is 11.5 Å². The molecule has 6 heteroatoms. The van der Waals surface area contributed by atoms with Crippen LogP contribution in [0.15, 0.2) is 18.2 Å². The zero-order chi connectivity index (χ0) is 15.2. The van der Waals surface area contributed by atoms with Crippen LogP contribution >= 0.6 is 0 Å². The molecule has 1 heterocycles. The first-order valence-corrected chi connectivity index (χ1v) is 7.04. The molecule has 1 aliphatic rings. The van der Waals surface area contributed by atoms with Crippen molar-refractivity contribution in [3.63, 3.8) is 0 Å². The number of carbonyl (C=O) groups is 1. The van der Waals surface area contributed by atoms with Crippen molar-refractivity contribution in [2.75, 3.05) is 20.2 Å². The largest absolute Gasteiger partial charge is 0.493 e. The lowest BCUT2D eigenvalue weighted by Gasteiger charge is -2.22. The molecule has 2 rings (SSSR count). The topological polar surface area (TPSA) is 38.8 Å². The monoisotopic (exact) mass is 299 g/mol. The molecule has 0 aromatic heterocycles. The second-order valence-corrected chi connectivity index (χ2v) is 4.92. The molecule has 21 heavy (non-hydrogen) atoms. The number of benzene rings is 1. The van der Waals surface area contributed by atoms with E-state index >= 15 is 0 Å². The standard InChI is InChI=1S/C15H19F2NO3/c1-20-12-8-6-7-11(13(12)21-15(16)17)14(19)18-9-4-2-3-5-10-18/h6-8,15H,2-5,9-10H2,1H3. The summed E-state index contributed by atoms with van der Waals surface area (Å²) in [5, 5.41) is 0. The van der Waals surface area contributed by atoms with E-state index in [1.165, 1.54) is 19.2 Å².